The Labute approximate surface area is 123 Å². The number of aliphatic carboxylic acids is 1. The number of fused-ring (bicyclic) bond motifs is 1. The van der Waals surface area contributed by atoms with Gasteiger partial charge in [0.2, 0.25) is 5.91 Å². The highest BCUT2D eigenvalue weighted by Gasteiger charge is 2.20. The van der Waals surface area contributed by atoms with Gasteiger partial charge in [0, 0.05) is 25.3 Å². The fraction of sp³-hybridized carbons (Fsp3) is 0.375. The standard InChI is InChI=1S/C16H19NO4/c1-11(17(2)15(18)8-5-9-16(19)20)14-10-12-6-3-4-7-13(12)21-14/h3-4,6-7,10-11H,5,8-9H2,1-2H3,(H,19,20)/t11-/m1/s1. The highest BCUT2D eigenvalue weighted by Crippen LogP contribution is 2.27. The van der Waals surface area contributed by atoms with Crippen LogP contribution in [0.15, 0.2) is 34.7 Å². The normalized spacial score (nSPS) is 12.3. The van der Waals surface area contributed by atoms with Crippen LogP contribution in [-0.2, 0) is 9.59 Å². The number of benzene rings is 1. The van der Waals surface area contributed by atoms with Gasteiger partial charge in [0.05, 0.1) is 6.04 Å². The molecule has 5 heteroatoms. The molecule has 1 aromatic carbocycles. The van der Waals surface area contributed by atoms with Crippen LogP contribution in [0.3, 0.4) is 0 Å². The summed E-state index contributed by atoms with van der Waals surface area (Å²) in [7, 11) is 1.71. The molecule has 2 aromatic rings. The lowest BCUT2D eigenvalue weighted by atomic mass is 10.1. The van der Waals surface area contributed by atoms with Gasteiger partial charge in [-0.25, -0.2) is 0 Å². The quantitative estimate of drug-likeness (QED) is 0.886. The average molecular weight is 289 g/mol. The SMILES string of the molecule is C[C@H](c1cc2ccccc2o1)N(C)C(=O)CCCC(=O)O. The van der Waals surface area contributed by atoms with Crippen molar-refractivity contribution in [3.05, 3.63) is 36.1 Å². The third kappa shape index (κ3) is 3.62. The molecule has 1 N–H and O–H groups in total. The van der Waals surface area contributed by atoms with E-state index in [9.17, 15) is 9.59 Å². The Morgan fingerprint density at radius 3 is 2.67 bits per heavy atom. The van der Waals surface area contributed by atoms with Crippen molar-refractivity contribution in [1.29, 1.82) is 0 Å². The fourth-order valence-electron chi connectivity index (χ4n) is 2.18. The lowest BCUT2D eigenvalue weighted by molar-refractivity contribution is -0.137. The summed E-state index contributed by atoms with van der Waals surface area (Å²) in [5.41, 5.74) is 0.797. The van der Waals surface area contributed by atoms with Crippen molar-refractivity contribution >= 4 is 22.8 Å². The number of carboxylic acid groups (broad SMARTS) is 1. The highest BCUT2D eigenvalue weighted by molar-refractivity contribution is 5.79. The predicted molar refractivity (Wildman–Crippen MR) is 78.9 cm³/mol. The second-order valence-electron chi connectivity index (χ2n) is 5.11. The summed E-state index contributed by atoms with van der Waals surface area (Å²) in [5.74, 6) is -0.231. The second-order valence-corrected chi connectivity index (χ2v) is 5.11. The molecule has 0 saturated carbocycles. The molecule has 1 heterocycles. The van der Waals surface area contributed by atoms with Crippen LogP contribution in [0.2, 0.25) is 0 Å². The van der Waals surface area contributed by atoms with E-state index in [2.05, 4.69) is 0 Å². The van der Waals surface area contributed by atoms with E-state index in [4.69, 9.17) is 9.52 Å². The van der Waals surface area contributed by atoms with E-state index in [1.807, 2.05) is 37.3 Å². The van der Waals surface area contributed by atoms with Crippen LogP contribution in [0.4, 0.5) is 0 Å². The van der Waals surface area contributed by atoms with Crippen LogP contribution in [-0.4, -0.2) is 28.9 Å². The van der Waals surface area contributed by atoms with Crippen LogP contribution in [0, 0.1) is 0 Å². The number of hydrogen-bond acceptors (Lipinski definition) is 3. The Balaban J connectivity index is 2.02. The van der Waals surface area contributed by atoms with Gasteiger partial charge in [-0.2, -0.15) is 0 Å². The van der Waals surface area contributed by atoms with E-state index in [0.29, 0.717) is 6.42 Å². The first-order chi connectivity index (χ1) is 9.99. The summed E-state index contributed by atoms with van der Waals surface area (Å²) in [6.07, 6.45) is 0.595. The minimum absolute atomic E-state index is 0.0125. The van der Waals surface area contributed by atoms with Crippen molar-refractivity contribution in [2.45, 2.75) is 32.2 Å². The predicted octanol–water partition coefficient (Wildman–Crippen LogP) is 3.21. The Morgan fingerprint density at radius 2 is 2.00 bits per heavy atom. The summed E-state index contributed by atoms with van der Waals surface area (Å²) < 4.78 is 5.76. The number of furan rings is 1. The number of carbonyl (C=O) groups excluding carboxylic acids is 1. The van der Waals surface area contributed by atoms with E-state index in [0.717, 1.165) is 16.7 Å². The molecule has 2 rings (SSSR count). The summed E-state index contributed by atoms with van der Waals surface area (Å²) in [4.78, 5) is 24.1. The smallest absolute Gasteiger partial charge is 0.303 e. The molecule has 1 atom stereocenters. The number of carbonyl (C=O) groups is 2. The number of nitrogens with zero attached hydrogens (tertiary/aromatic N) is 1. The highest BCUT2D eigenvalue weighted by atomic mass is 16.4. The molecule has 112 valence electrons. The van der Waals surface area contributed by atoms with Gasteiger partial charge in [-0.1, -0.05) is 18.2 Å². The van der Waals surface area contributed by atoms with Crippen LogP contribution in [0.5, 0.6) is 0 Å². The summed E-state index contributed by atoms with van der Waals surface area (Å²) in [5, 5.41) is 9.60. The molecule has 0 aliphatic heterocycles. The van der Waals surface area contributed by atoms with Gasteiger partial charge < -0.3 is 14.4 Å². The first kappa shape index (κ1) is 15.1. The maximum Gasteiger partial charge on any atom is 0.303 e. The van der Waals surface area contributed by atoms with E-state index in [1.165, 1.54) is 0 Å². The number of amides is 1. The number of carboxylic acids is 1. The molecule has 0 aliphatic rings. The lowest BCUT2D eigenvalue weighted by Crippen LogP contribution is -2.29. The van der Waals surface area contributed by atoms with E-state index >= 15 is 0 Å². The Bertz CT molecular complexity index is 614. The van der Waals surface area contributed by atoms with Gasteiger partial charge in [-0.05, 0) is 25.5 Å². The van der Waals surface area contributed by atoms with Crippen LogP contribution in [0.1, 0.15) is 38.0 Å². The third-order valence-electron chi connectivity index (χ3n) is 3.61. The first-order valence-electron chi connectivity index (χ1n) is 6.95. The maximum absolute atomic E-state index is 12.0. The van der Waals surface area contributed by atoms with Crippen molar-refractivity contribution < 1.29 is 19.1 Å². The molecular formula is C16H19NO4. The fourth-order valence-corrected chi connectivity index (χ4v) is 2.18. The largest absolute Gasteiger partial charge is 0.481 e. The summed E-state index contributed by atoms with van der Waals surface area (Å²) >= 11 is 0. The van der Waals surface area contributed by atoms with E-state index < -0.39 is 5.97 Å². The molecule has 0 bridgehead atoms. The van der Waals surface area contributed by atoms with Gasteiger partial charge in [0.25, 0.3) is 0 Å². The van der Waals surface area contributed by atoms with Crippen molar-refractivity contribution in [3.63, 3.8) is 0 Å². The minimum atomic E-state index is -0.879. The molecule has 0 fully saturated rings. The van der Waals surface area contributed by atoms with Crippen molar-refractivity contribution in [2.75, 3.05) is 7.05 Å². The number of rotatable bonds is 6. The molecular weight excluding hydrogens is 270 g/mol. The van der Waals surface area contributed by atoms with E-state index in [-0.39, 0.29) is 24.8 Å². The van der Waals surface area contributed by atoms with Crippen LogP contribution < -0.4 is 0 Å². The zero-order valence-electron chi connectivity index (χ0n) is 12.2. The Kier molecular flexibility index (Phi) is 4.62. The molecule has 0 saturated heterocycles. The monoisotopic (exact) mass is 289 g/mol. The third-order valence-corrected chi connectivity index (χ3v) is 3.61. The lowest BCUT2D eigenvalue weighted by Gasteiger charge is -2.23. The summed E-state index contributed by atoms with van der Waals surface area (Å²) in [6, 6.07) is 9.44. The molecule has 1 aromatic heterocycles. The average Bonchev–Trinajstić information content (AvgIpc) is 2.89. The van der Waals surface area contributed by atoms with Crippen molar-refractivity contribution in [1.82, 2.24) is 4.90 Å². The second kappa shape index (κ2) is 6.43. The zero-order chi connectivity index (χ0) is 15.4. The number of para-hydroxylation sites is 1. The molecule has 0 radical (unpaired) electrons. The Morgan fingerprint density at radius 1 is 1.29 bits per heavy atom. The van der Waals surface area contributed by atoms with Crippen molar-refractivity contribution in [2.24, 2.45) is 0 Å². The molecule has 0 aliphatic carbocycles. The van der Waals surface area contributed by atoms with Gasteiger partial charge in [-0.15, -0.1) is 0 Å². The van der Waals surface area contributed by atoms with Gasteiger partial charge in [0.1, 0.15) is 11.3 Å². The molecule has 0 spiro atoms. The van der Waals surface area contributed by atoms with Gasteiger partial charge in [-0.3, -0.25) is 9.59 Å². The summed E-state index contributed by atoms with van der Waals surface area (Å²) in [6.45, 7) is 1.90. The Hall–Kier alpha value is -2.30. The van der Waals surface area contributed by atoms with Crippen LogP contribution in [0.25, 0.3) is 11.0 Å². The minimum Gasteiger partial charge on any atom is -0.481 e. The van der Waals surface area contributed by atoms with Crippen molar-refractivity contribution in [3.8, 4) is 0 Å². The molecule has 1 amide bonds. The first-order valence-corrected chi connectivity index (χ1v) is 6.95. The van der Waals surface area contributed by atoms with Crippen LogP contribution >= 0.6 is 0 Å². The maximum atomic E-state index is 12.0. The molecule has 21 heavy (non-hydrogen) atoms. The molecule has 0 unspecified atom stereocenters. The van der Waals surface area contributed by atoms with Gasteiger partial charge in [0.15, 0.2) is 0 Å². The number of hydrogen-bond donors (Lipinski definition) is 1. The van der Waals surface area contributed by atoms with E-state index in [1.54, 1.807) is 11.9 Å². The topological polar surface area (TPSA) is 70.8 Å². The van der Waals surface area contributed by atoms with Gasteiger partial charge >= 0.3 is 5.97 Å². The molecule has 5 nitrogen and oxygen atoms in total. The zero-order valence-corrected chi connectivity index (χ0v) is 12.2.